The zero-order valence-corrected chi connectivity index (χ0v) is 25.8. The van der Waals surface area contributed by atoms with E-state index >= 15 is 0 Å². The van der Waals surface area contributed by atoms with Crippen molar-refractivity contribution in [2.75, 3.05) is 47.1 Å². The quantitative estimate of drug-likeness (QED) is 0.289. The van der Waals surface area contributed by atoms with Crippen molar-refractivity contribution in [1.82, 2.24) is 10.2 Å². The molecule has 3 aliphatic rings. The van der Waals surface area contributed by atoms with Crippen LogP contribution in [0.1, 0.15) is 61.9 Å². The van der Waals surface area contributed by atoms with E-state index in [0.29, 0.717) is 46.7 Å². The van der Waals surface area contributed by atoms with E-state index in [4.69, 9.17) is 18.9 Å². The van der Waals surface area contributed by atoms with E-state index in [1.807, 2.05) is 0 Å². The average molecular weight is 603 g/mol. The number of hydrogen-bond donors (Lipinski definition) is 3. The molecular weight excluding hydrogens is 556 g/mol. The molecule has 1 aliphatic heterocycles. The predicted molar refractivity (Wildman–Crippen MR) is 158 cm³/mol. The fraction of sp³-hybridized carbons (Fsp3) is 0.656. The monoisotopic (exact) mass is 602 g/mol. The smallest absolute Gasteiger partial charge is 0.249 e. The van der Waals surface area contributed by atoms with E-state index in [1.54, 1.807) is 12.1 Å². The number of fused-ring (bicyclic) bond motifs is 3. The van der Waals surface area contributed by atoms with Crippen LogP contribution >= 0.6 is 0 Å². The Bertz CT molecular complexity index is 1190. The van der Waals surface area contributed by atoms with E-state index in [9.17, 15) is 24.6 Å². The molecule has 1 fully saturated rings. The van der Waals surface area contributed by atoms with Gasteiger partial charge in [-0.2, -0.15) is 0 Å². The molecule has 11 nitrogen and oxygen atoms in total. The van der Waals surface area contributed by atoms with Crippen molar-refractivity contribution in [2.45, 2.75) is 70.3 Å². The topological polar surface area (TPSA) is 144 Å². The molecule has 238 valence electrons. The summed E-state index contributed by atoms with van der Waals surface area (Å²) < 4.78 is 23.3. The van der Waals surface area contributed by atoms with Gasteiger partial charge in [0.25, 0.3) is 0 Å². The molecule has 4 rings (SSSR count). The van der Waals surface area contributed by atoms with Gasteiger partial charge in [0, 0.05) is 36.9 Å². The molecule has 43 heavy (non-hydrogen) atoms. The van der Waals surface area contributed by atoms with Gasteiger partial charge in [-0.3, -0.25) is 14.4 Å². The van der Waals surface area contributed by atoms with Crippen LogP contribution in [0.3, 0.4) is 0 Å². The summed E-state index contributed by atoms with van der Waals surface area (Å²) >= 11 is 0. The van der Waals surface area contributed by atoms with E-state index < -0.39 is 30.1 Å². The summed E-state index contributed by atoms with van der Waals surface area (Å²) in [7, 11) is 2.97. The van der Waals surface area contributed by atoms with E-state index in [1.165, 1.54) is 25.2 Å². The number of methoxy groups -OCH3 is 2. The lowest BCUT2D eigenvalue weighted by molar-refractivity contribution is -0.147. The fourth-order valence-corrected chi connectivity index (χ4v) is 6.76. The predicted octanol–water partition coefficient (Wildman–Crippen LogP) is 2.08. The molecule has 11 heteroatoms. The first-order valence-electron chi connectivity index (χ1n) is 15.2. The summed E-state index contributed by atoms with van der Waals surface area (Å²) in [5, 5.41) is 23.8. The summed E-state index contributed by atoms with van der Waals surface area (Å²) in [5.74, 6) is 0.383. The average Bonchev–Trinajstić information content (AvgIpc) is 3.39. The van der Waals surface area contributed by atoms with Crippen molar-refractivity contribution < 1.29 is 43.5 Å². The molecule has 1 aromatic rings. The lowest BCUT2D eigenvalue weighted by atomic mass is 9.75. The Hall–Kier alpha value is -2.99. The minimum atomic E-state index is -1.23. The molecule has 0 aromatic heterocycles. The number of aliphatic hydroxyl groups excluding tert-OH is 2. The first-order chi connectivity index (χ1) is 20.6. The lowest BCUT2D eigenvalue weighted by Gasteiger charge is -2.41. The van der Waals surface area contributed by atoms with Gasteiger partial charge >= 0.3 is 0 Å². The number of nitrogens with one attached hydrogen (secondary N) is 1. The van der Waals surface area contributed by atoms with Crippen molar-refractivity contribution in [3.63, 3.8) is 0 Å². The second-order valence-corrected chi connectivity index (χ2v) is 12.2. The summed E-state index contributed by atoms with van der Waals surface area (Å²) in [6, 6.07) is 2.22. The molecule has 0 bridgehead atoms. The number of rotatable bonds is 13. The zero-order valence-electron chi connectivity index (χ0n) is 25.8. The van der Waals surface area contributed by atoms with E-state index in [-0.39, 0.29) is 50.5 Å². The third kappa shape index (κ3) is 7.06. The van der Waals surface area contributed by atoms with E-state index in [2.05, 4.69) is 26.1 Å². The third-order valence-corrected chi connectivity index (χ3v) is 9.01. The summed E-state index contributed by atoms with van der Waals surface area (Å²) in [4.78, 5) is 40.4. The number of aldehydes is 1. The number of nitrogens with zero attached hydrogens (tertiary/aromatic N) is 1. The Morgan fingerprint density at radius 2 is 2.00 bits per heavy atom. The van der Waals surface area contributed by atoms with Crippen molar-refractivity contribution in [2.24, 2.45) is 17.8 Å². The Labute approximate surface area is 253 Å². The van der Waals surface area contributed by atoms with Gasteiger partial charge in [-0.15, -0.1) is 0 Å². The summed E-state index contributed by atoms with van der Waals surface area (Å²) in [6.45, 7) is 6.51. The second kappa shape index (κ2) is 14.7. The van der Waals surface area contributed by atoms with Gasteiger partial charge in [-0.05, 0) is 48.8 Å². The Balaban J connectivity index is 1.67. The van der Waals surface area contributed by atoms with Crippen LogP contribution < -0.4 is 14.8 Å². The number of amides is 2. The van der Waals surface area contributed by atoms with Crippen LogP contribution in [0.25, 0.3) is 0 Å². The summed E-state index contributed by atoms with van der Waals surface area (Å²) in [6.07, 6.45) is 3.13. The Morgan fingerprint density at radius 3 is 2.65 bits per heavy atom. The minimum Gasteiger partial charge on any atom is -0.493 e. The first kappa shape index (κ1) is 32.9. The molecule has 0 radical (unpaired) electrons. The highest BCUT2D eigenvalue weighted by molar-refractivity contribution is 5.96. The normalized spacial score (nSPS) is 27.9. The fourth-order valence-electron chi connectivity index (χ4n) is 6.76. The SMILES string of the molecule is COCCN(C(=O)CO[C@H]1C[C@@H](C)CC[C@@H]1C(C)C)[C@@H]1C=C(C(=O)NCCO)[C@@H]2c3cc(C=O)cc(OC)c3O[C@@H]2[C@H]1O. The number of ether oxygens (including phenoxy) is 4. The molecule has 1 saturated carbocycles. The number of aliphatic hydroxyl groups is 2. The molecule has 3 N–H and O–H groups in total. The van der Waals surface area contributed by atoms with Gasteiger partial charge < -0.3 is 39.4 Å². The van der Waals surface area contributed by atoms with Crippen LogP contribution in [0.15, 0.2) is 23.8 Å². The number of benzene rings is 1. The van der Waals surface area contributed by atoms with Crippen LogP contribution in [0.4, 0.5) is 0 Å². The maximum atomic E-state index is 13.8. The highest BCUT2D eigenvalue weighted by atomic mass is 16.5. The first-order valence-corrected chi connectivity index (χ1v) is 15.2. The van der Waals surface area contributed by atoms with Crippen LogP contribution in [-0.4, -0.2) is 105 Å². The molecule has 1 aromatic carbocycles. The summed E-state index contributed by atoms with van der Waals surface area (Å²) in [5.41, 5.74) is 1.12. The third-order valence-electron chi connectivity index (χ3n) is 9.01. The molecule has 0 saturated heterocycles. The molecule has 2 aliphatic carbocycles. The minimum absolute atomic E-state index is 0.0170. The largest absolute Gasteiger partial charge is 0.493 e. The van der Waals surface area contributed by atoms with Gasteiger partial charge in [0.1, 0.15) is 25.1 Å². The zero-order chi connectivity index (χ0) is 31.3. The van der Waals surface area contributed by atoms with Crippen molar-refractivity contribution in [1.29, 1.82) is 0 Å². The molecular formula is C32H46N2O9. The van der Waals surface area contributed by atoms with Crippen LogP contribution in [0.5, 0.6) is 11.5 Å². The lowest BCUT2D eigenvalue weighted by Crippen LogP contribution is -2.57. The molecule has 7 atom stereocenters. The van der Waals surface area contributed by atoms with Gasteiger partial charge in [0.2, 0.25) is 11.8 Å². The van der Waals surface area contributed by atoms with Crippen molar-refractivity contribution >= 4 is 18.1 Å². The molecule has 0 spiro atoms. The van der Waals surface area contributed by atoms with Crippen LogP contribution in [-0.2, 0) is 19.1 Å². The molecule has 2 amide bonds. The Morgan fingerprint density at radius 1 is 1.23 bits per heavy atom. The standard InChI is InChI=1S/C32H46N2O9/c1-18(2)21-7-6-19(3)12-25(21)42-17-27(37)34(9-11-40-4)24-15-23(32(39)33-8-10-35)28-22-13-20(16-36)14-26(41-5)30(22)43-31(28)29(24)38/h13-16,18-19,21,24-25,28-29,31,35,38H,6-12,17H2,1-5H3,(H,33,39)/t19-,21+,24+,25-,28-,29-,31-/m0/s1. The highest BCUT2D eigenvalue weighted by Crippen LogP contribution is 2.51. The van der Waals surface area contributed by atoms with Crippen LogP contribution in [0.2, 0.25) is 0 Å². The van der Waals surface area contributed by atoms with Crippen molar-refractivity contribution in [3.05, 3.63) is 34.9 Å². The van der Waals surface area contributed by atoms with E-state index in [0.717, 1.165) is 19.3 Å². The Kier molecular flexibility index (Phi) is 11.2. The maximum absolute atomic E-state index is 13.8. The second-order valence-electron chi connectivity index (χ2n) is 12.2. The van der Waals surface area contributed by atoms with Gasteiger partial charge in [0.15, 0.2) is 11.5 Å². The van der Waals surface area contributed by atoms with Gasteiger partial charge in [-0.1, -0.05) is 27.2 Å². The molecule has 0 unspecified atom stereocenters. The number of carbonyl (C=O) groups excluding carboxylic acids is 3. The van der Waals surface area contributed by atoms with Gasteiger partial charge in [0.05, 0.1) is 38.4 Å². The highest BCUT2D eigenvalue weighted by Gasteiger charge is 2.51. The number of hydrogen-bond acceptors (Lipinski definition) is 9. The van der Waals surface area contributed by atoms with Crippen LogP contribution in [0, 0.1) is 17.8 Å². The number of carbonyl (C=O) groups is 3. The molecule has 1 heterocycles. The maximum Gasteiger partial charge on any atom is 0.249 e. The van der Waals surface area contributed by atoms with Gasteiger partial charge in [-0.25, -0.2) is 0 Å². The van der Waals surface area contributed by atoms with Crippen molar-refractivity contribution in [3.8, 4) is 11.5 Å².